The highest BCUT2D eigenvalue weighted by Crippen LogP contribution is 2.43. The van der Waals surface area contributed by atoms with Crippen LogP contribution in [0.1, 0.15) is 38.6 Å². The second-order valence-electron chi connectivity index (χ2n) is 6.55. The fraction of sp³-hybridized carbons (Fsp3) is 0.588. The predicted octanol–water partition coefficient (Wildman–Crippen LogP) is 1.40. The average molecular weight is 378 g/mol. The molecule has 8 nitrogen and oxygen atoms in total. The van der Waals surface area contributed by atoms with Crippen molar-refractivity contribution < 1.29 is 18.9 Å². The molecule has 1 amide bonds. The van der Waals surface area contributed by atoms with Gasteiger partial charge in [-0.1, -0.05) is 5.16 Å². The number of carbonyl (C=O) groups excluding carboxylic acids is 1. The first-order valence-electron chi connectivity index (χ1n) is 8.86. The van der Waals surface area contributed by atoms with Crippen LogP contribution in [0.15, 0.2) is 10.7 Å². The monoisotopic (exact) mass is 378 g/mol. The molecule has 2 aliphatic rings. The molecule has 2 aromatic rings. The summed E-state index contributed by atoms with van der Waals surface area (Å²) in [7, 11) is 0. The van der Waals surface area contributed by atoms with E-state index in [9.17, 15) is 4.79 Å². The van der Waals surface area contributed by atoms with Crippen molar-refractivity contribution in [2.75, 3.05) is 32.8 Å². The van der Waals surface area contributed by atoms with Crippen molar-refractivity contribution in [1.29, 1.82) is 0 Å². The number of thiophene rings is 1. The van der Waals surface area contributed by atoms with Crippen LogP contribution in [0.5, 0.6) is 5.88 Å². The Morgan fingerprint density at radius 2 is 2.27 bits per heavy atom. The summed E-state index contributed by atoms with van der Waals surface area (Å²) in [6.07, 6.45) is 2.79. The minimum atomic E-state index is -0.214. The zero-order valence-corrected chi connectivity index (χ0v) is 15.5. The number of rotatable bonds is 5. The summed E-state index contributed by atoms with van der Waals surface area (Å²) in [5, 5.41) is 13.6. The molecule has 2 N–H and O–H groups in total. The number of nitrogens with one attached hydrogen (secondary N) is 2. The van der Waals surface area contributed by atoms with E-state index in [1.54, 1.807) is 18.3 Å². The molecule has 0 radical (unpaired) electrons. The number of hydrogen-bond acceptors (Lipinski definition) is 8. The van der Waals surface area contributed by atoms with Crippen LogP contribution < -0.4 is 15.4 Å². The molecule has 1 saturated heterocycles. The molecule has 4 rings (SSSR count). The van der Waals surface area contributed by atoms with E-state index < -0.39 is 0 Å². The summed E-state index contributed by atoms with van der Waals surface area (Å²) >= 11 is 1.58. The van der Waals surface area contributed by atoms with E-state index in [4.69, 9.17) is 9.47 Å². The van der Waals surface area contributed by atoms with Gasteiger partial charge < -0.3 is 20.1 Å². The summed E-state index contributed by atoms with van der Waals surface area (Å²) in [6, 6.07) is 2.02. The van der Waals surface area contributed by atoms with Crippen LogP contribution in [-0.2, 0) is 16.8 Å². The Morgan fingerprint density at radius 1 is 1.42 bits per heavy atom. The molecule has 0 aromatic carbocycles. The lowest BCUT2D eigenvalue weighted by molar-refractivity contribution is -0.0792. The topological polar surface area (TPSA) is 98.5 Å². The van der Waals surface area contributed by atoms with Crippen LogP contribution >= 0.6 is 11.3 Å². The van der Waals surface area contributed by atoms with Gasteiger partial charge in [-0.3, -0.25) is 4.79 Å². The molecular formula is C17H22N4O4S. The number of nitrogens with zero attached hydrogens (tertiary/aromatic N) is 2. The molecule has 26 heavy (non-hydrogen) atoms. The van der Waals surface area contributed by atoms with Gasteiger partial charge in [0.1, 0.15) is 12.3 Å². The number of amides is 1. The number of aromatic nitrogens is 2. The van der Waals surface area contributed by atoms with E-state index in [2.05, 4.69) is 25.6 Å². The molecule has 0 atom stereocenters. The number of ether oxygens (including phenoxy) is 2. The second kappa shape index (κ2) is 7.34. The van der Waals surface area contributed by atoms with Crippen LogP contribution in [-0.4, -0.2) is 49.1 Å². The van der Waals surface area contributed by atoms with E-state index in [0.717, 1.165) is 43.8 Å². The molecule has 0 aliphatic carbocycles. The van der Waals surface area contributed by atoms with Gasteiger partial charge in [0, 0.05) is 11.3 Å². The first-order valence-corrected chi connectivity index (χ1v) is 9.68. The van der Waals surface area contributed by atoms with Gasteiger partial charge in [-0.05, 0) is 49.6 Å². The molecule has 2 aromatic heterocycles. The minimum absolute atomic E-state index is 0.0768. The largest absolute Gasteiger partial charge is 0.472 e. The lowest BCUT2D eigenvalue weighted by Crippen LogP contribution is -2.44. The summed E-state index contributed by atoms with van der Waals surface area (Å²) in [5.74, 6) is 0.280. The molecule has 1 fully saturated rings. The van der Waals surface area contributed by atoms with Crippen molar-refractivity contribution >= 4 is 17.2 Å². The third-order valence-electron chi connectivity index (χ3n) is 4.88. The van der Waals surface area contributed by atoms with Crippen molar-refractivity contribution in [3.8, 4) is 5.88 Å². The maximum absolute atomic E-state index is 12.5. The zero-order valence-electron chi connectivity index (χ0n) is 14.7. The number of fused-ring (bicyclic) bond motifs is 2. The molecule has 4 heterocycles. The molecule has 0 bridgehead atoms. The van der Waals surface area contributed by atoms with E-state index in [1.165, 1.54) is 10.4 Å². The Morgan fingerprint density at radius 3 is 3.04 bits per heavy atom. The van der Waals surface area contributed by atoms with Gasteiger partial charge in [-0.2, -0.15) is 0 Å². The summed E-state index contributed by atoms with van der Waals surface area (Å²) in [4.78, 5) is 14.5. The van der Waals surface area contributed by atoms with Gasteiger partial charge >= 0.3 is 0 Å². The van der Waals surface area contributed by atoms with Crippen LogP contribution in [0.25, 0.3) is 0 Å². The van der Waals surface area contributed by atoms with Crippen LogP contribution in [0, 0.1) is 6.92 Å². The normalized spacial score (nSPS) is 18.5. The number of piperidine rings is 1. The SMILES string of the molecule is Cc1nonc1OCCNC(=O)c1cc2c(s1)CCOC21CCNCC1. The maximum Gasteiger partial charge on any atom is 0.278 e. The van der Waals surface area contributed by atoms with E-state index in [0.29, 0.717) is 24.7 Å². The maximum atomic E-state index is 12.5. The first-order chi connectivity index (χ1) is 12.7. The molecule has 0 saturated carbocycles. The number of aryl methyl sites for hydroxylation is 1. The predicted molar refractivity (Wildman–Crippen MR) is 94.6 cm³/mol. The second-order valence-corrected chi connectivity index (χ2v) is 7.69. The Bertz CT molecular complexity index is 782. The minimum Gasteiger partial charge on any atom is -0.472 e. The van der Waals surface area contributed by atoms with E-state index in [-0.39, 0.29) is 11.5 Å². The lowest BCUT2D eigenvalue weighted by atomic mass is 9.83. The fourth-order valence-electron chi connectivity index (χ4n) is 3.53. The lowest BCUT2D eigenvalue weighted by Gasteiger charge is -2.40. The zero-order chi connectivity index (χ0) is 18.0. The number of carbonyl (C=O) groups is 1. The summed E-state index contributed by atoms with van der Waals surface area (Å²) in [5.41, 5.74) is 1.59. The van der Waals surface area contributed by atoms with Crippen molar-refractivity contribution in [3.63, 3.8) is 0 Å². The van der Waals surface area contributed by atoms with Crippen molar-refractivity contribution in [2.24, 2.45) is 0 Å². The van der Waals surface area contributed by atoms with Gasteiger partial charge in [0.15, 0.2) is 0 Å². The van der Waals surface area contributed by atoms with Crippen molar-refractivity contribution in [3.05, 3.63) is 27.1 Å². The van der Waals surface area contributed by atoms with E-state index in [1.807, 2.05) is 6.07 Å². The van der Waals surface area contributed by atoms with Crippen LogP contribution in [0.2, 0.25) is 0 Å². The molecular weight excluding hydrogens is 356 g/mol. The number of hydrogen-bond donors (Lipinski definition) is 2. The third kappa shape index (κ3) is 3.34. The Labute approximate surface area is 155 Å². The van der Waals surface area contributed by atoms with Gasteiger partial charge in [0.2, 0.25) is 0 Å². The molecule has 2 aliphatic heterocycles. The standard InChI is InChI=1S/C17H22N4O4S/c1-11-16(21-25-20-11)23-9-7-19-15(22)14-10-12-13(26-14)2-8-24-17(12)3-5-18-6-4-17/h10,18H,2-9H2,1H3,(H,19,22). The first kappa shape index (κ1) is 17.4. The highest BCUT2D eigenvalue weighted by atomic mass is 32.1. The summed E-state index contributed by atoms with van der Waals surface area (Å²) < 4.78 is 16.2. The smallest absolute Gasteiger partial charge is 0.278 e. The quantitative estimate of drug-likeness (QED) is 0.759. The van der Waals surface area contributed by atoms with Crippen LogP contribution in [0.4, 0.5) is 0 Å². The Balaban J connectivity index is 1.37. The molecule has 140 valence electrons. The third-order valence-corrected chi connectivity index (χ3v) is 6.07. The fourth-order valence-corrected chi connectivity index (χ4v) is 4.67. The van der Waals surface area contributed by atoms with Gasteiger partial charge in [0.05, 0.1) is 23.6 Å². The highest BCUT2D eigenvalue weighted by Gasteiger charge is 2.40. The van der Waals surface area contributed by atoms with E-state index >= 15 is 0 Å². The molecule has 9 heteroatoms. The highest BCUT2D eigenvalue weighted by molar-refractivity contribution is 7.14. The van der Waals surface area contributed by atoms with Gasteiger partial charge in [-0.15, -0.1) is 11.3 Å². The average Bonchev–Trinajstić information content (AvgIpc) is 3.27. The van der Waals surface area contributed by atoms with Gasteiger partial charge in [-0.25, -0.2) is 4.63 Å². The van der Waals surface area contributed by atoms with Crippen molar-refractivity contribution in [1.82, 2.24) is 20.9 Å². The van der Waals surface area contributed by atoms with Crippen molar-refractivity contribution in [2.45, 2.75) is 31.8 Å². The van der Waals surface area contributed by atoms with Crippen LogP contribution in [0.3, 0.4) is 0 Å². The Kier molecular flexibility index (Phi) is 4.92. The summed E-state index contributed by atoms with van der Waals surface area (Å²) in [6.45, 7) is 5.07. The molecule has 0 unspecified atom stereocenters. The Hall–Kier alpha value is -1.97. The van der Waals surface area contributed by atoms with Gasteiger partial charge in [0.25, 0.3) is 11.8 Å². The molecule has 1 spiro atoms.